The van der Waals surface area contributed by atoms with Crippen LogP contribution in [-0.2, 0) is 20.5 Å². The van der Waals surface area contributed by atoms with Crippen molar-refractivity contribution < 1.29 is 14.4 Å². The SMILES string of the molecule is CON1C(=O)C2CC1C2C1Oc2c(C(C)(C)C)cccc2C1(C)C. The van der Waals surface area contributed by atoms with Crippen molar-refractivity contribution in [3.63, 3.8) is 0 Å². The first-order chi connectivity index (χ1) is 11.2. The van der Waals surface area contributed by atoms with E-state index in [1.54, 1.807) is 12.2 Å². The van der Waals surface area contributed by atoms with Crippen molar-refractivity contribution in [3.05, 3.63) is 29.3 Å². The van der Waals surface area contributed by atoms with E-state index in [1.807, 2.05) is 0 Å². The molecule has 130 valence electrons. The van der Waals surface area contributed by atoms with Gasteiger partial charge < -0.3 is 4.74 Å². The van der Waals surface area contributed by atoms with Crippen LogP contribution in [0.15, 0.2) is 18.2 Å². The Morgan fingerprint density at radius 3 is 2.58 bits per heavy atom. The fourth-order valence-corrected chi connectivity index (χ4v) is 4.88. The zero-order valence-corrected chi connectivity index (χ0v) is 15.4. The number of fused-ring (bicyclic) bond motifs is 2. The summed E-state index contributed by atoms with van der Waals surface area (Å²) in [6.45, 7) is 11.1. The monoisotopic (exact) mass is 329 g/mol. The summed E-state index contributed by atoms with van der Waals surface area (Å²) in [5, 5.41) is 1.57. The highest BCUT2D eigenvalue weighted by Gasteiger charge is 2.65. The number of carbonyl (C=O) groups is 1. The van der Waals surface area contributed by atoms with Crippen molar-refractivity contribution in [1.82, 2.24) is 5.06 Å². The second-order valence-electron chi connectivity index (χ2n) is 9.03. The molecular weight excluding hydrogens is 302 g/mol. The molecule has 1 aromatic carbocycles. The van der Waals surface area contributed by atoms with E-state index >= 15 is 0 Å². The summed E-state index contributed by atoms with van der Waals surface area (Å²) in [7, 11) is 1.59. The van der Waals surface area contributed by atoms with Crippen LogP contribution in [0.2, 0.25) is 0 Å². The molecule has 2 saturated heterocycles. The molecule has 4 nitrogen and oxygen atoms in total. The van der Waals surface area contributed by atoms with Crippen LogP contribution >= 0.6 is 0 Å². The smallest absolute Gasteiger partial charge is 0.250 e. The first-order valence-corrected chi connectivity index (χ1v) is 8.85. The van der Waals surface area contributed by atoms with Crippen LogP contribution in [0.3, 0.4) is 0 Å². The van der Waals surface area contributed by atoms with E-state index in [1.165, 1.54) is 11.1 Å². The van der Waals surface area contributed by atoms with E-state index in [9.17, 15) is 4.79 Å². The summed E-state index contributed by atoms with van der Waals surface area (Å²) in [6, 6.07) is 6.64. The minimum atomic E-state index is -0.109. The van der Waals surface area contributed by atoms with Gasteiger partial charge in [-0.1, -0.05) is 52.8 Å². The Labute approximate surface area is 144 Å². The molecule has 3 heterocycles. The molecule has 3 aliphatic heterocycles. The topological polar surface area (TPSA) is 38.8 Å². The Hall–Kier alpha value is -1.55. The van der Waals surface area contributed by atoms with Gasteiger partial charge in [-0.05, 0) is 17.4 Å². The lowest BCUT2D eigenvalue weighted by molar-refractivity contribution is -0.175. The predicted molar refractivity (Wildman–Crippen MR) is 91.8 cm³/mol. The summed E-state index contributed by atoms with van der Waals surface area (Å²) < 4.78 is 6.57. The molecule has 1 saturated carbocycles. The summed E-state index contributed by atoms with van der Waals surface area (Å²) >= 11 is 0. The highest BCUT2D eigenvalue weighted by Crippen LogP contribution is 2.57. The Balaban J connectivity index is 1.73. The summed E-state index contributed by atoms with van der Waals surface area (Å²) in [4.78, 5) is 17.7. The van der Waals surface area contributed by atoms with Gasteiger partial charge in [-0.3, -0.25) is 9.63 Å². The van der Waals surface area contributed by atoms with E-state index in [0.717, 1.165) is 12.2 Å². The molecule has 24 heavy (non-hydrogen) atoms. The van der Waals surface area contributed by atoms with E-state index < -0.39 is 0 Å². The van der Waals surface area contributed by atoms with Crippen molar-refractivity contribution in [2.75, 3.05) is 7.11 Å². The number of ether oxygens (including phenoxy) is 1. The lowest BCUT2D eigenvalue weighted by Gasteiger charge is -2.42. The van der Waals surface area contributed by atoms with Gasteiger partial charge in [0.25, 0.3) is 0 Å². The number of hydroxylamine groups is 2. The lowest BCUT2D eigenvalue weighted by Crippen LogP contribution is -2.52. The normalized spacial score (nSPS) is 33.2. The molecule has 2 bridgehead atoms. The predicted octanol–water partition coefficient (Wildman–Crippen LogP) is 3.43. The average Bonchev–Trinajstić information content (AvgIpc) is 3.03. The van der Waals surface area contributed by atoms with Crippen molar-refractivity contribution in [1.29, 1.82) is 0 Å². The van der Waals surface area contributed by atoms with Crippen molar-refractivity contribution in [2.45, 2.75) is 64.0 Å². The van der Waals surface area contributed by atoms with Gasteiger partial charge in [-0.2, -0.15) is 0 Å². The van der Waals surface area contributed by atoms with Gasteiger partial charge in [0.1, 0.15) is 11.9 Å². The Morgan fingerprint density at radius 1 is 1.29 bits per heavy atom. The number of hydrogen-bond donors (Lipinski definition) is 0. The number of rotatable bonds is 2. The molecule has 0 spiro atoms. The molecular formula is C20H27NO3. The maximum Gasteiger partial charge on any atom is 0.250 e. The average molecular weight is 329 g/mol. The van der Waals surface area contributed by atoms with E-state index in [4.69, 9.17) is 9.57 Å². The second kappa shape index (κ2) is 4.75. The number of nitrogens with zero attached hydrogens (tertiary/aromatic N) is 1. The fourth-order valence-electron chi connectivity index (χ4n) is 4.88. The summed E-state index contributed by atoms with van der Waals surface area (Å²) in [6.07, 6.45) is 0.916. The molecule has 1 aliphatic carbocycles. The highest BCUT2D eigenvalue weighted by molar-refractivity contribution is 5.84. The first-order valence-electron chi connectivity index (χ1n) is 8.85. The van der Waals surface area contributed by atoms with E-state index in [2.05, 4.69) is 52.8 Å². The maximum atomic E-state index is 12.4. The number of para-hydroxylation sites is 1. The van der Waals surface area contributed by atoms with Gasteiger partial charge in [0.05, 0.1) is 19.1 Å². The standard InChI is InChI=1S/C20H27NO3/c1-19(2,3)12-8-7-9-13-16(12)24-17(20(13,4)5)15-11-10-14(15)21(23-6)18(11)22/h7-9,11,14-15,17H,10H2,1-6H3. The van der Waals surface area contributed by atoms with Gasteiger partial charge in [0.2, 0.25) is 5.91 Å². The molecule has 0 aromatic heterocycles. The molecule has 1 aromatic rings. The molecule has 0 radical (unpaired) electrons. The van der Waals surface area contributed by atoms with E-state index in [-0.39, 0.29) is 40.7 Å². The number of amides is 1. The third-order valence-corrected chi connectivity index (χ3v) is 6.26. The van der Waals surface area contributed by atoms with Crippen LogP contribution in [0.25, 0.3) is 0 Å². The fraction of sp³-hybridized carbons (Fsp3) is 0.650. The van der Waals surface area contributed by atoms with Gasteiger partial charge in [-0.25, -0.2) is 5.06 Å². The molecule has 3 fully saturated rings. The molecule has 4 heteroatoms. The van der Waals surface area contributed by atoms with Gasteiger partial charge in [-0.15, -0.1) is 0 Å². The molecule has 4 aliphatic rings. The molecule has 4 unspecified atom stereocenters. The molecule has 5 rings (SSSR count). The minimum absolute atomic E-state index is 0.0175. The quantitative estimate of drug-likeness (QED) is 0.834. The number of hydrogen-bond acceptors (Lipinski definition) is 3. The van der Waals surface area contributed by atoms with Crippen LogP contribution in [0.5, 0.6) is 5.75 Å². The van der Waals surface area contributed by atoms with Gasteiger partial charge in [0, 0.05) is 16.9 Å². The van der Waals surface area contributed by atoms with Crippen molar-refractivity contribution in [3.8, 4) is 5.75 Å². The van der Waals surface area contributed by atoms with E-state index in [0.29, 0.717) is 0 Å². The number of benzene rings is 1. The Morgan fingerprint density at radius 2 is 2.00 bits per heavy atom. The van der Waals surface area contributed by atoms with Gasteiger partial charge >= 0.3 is 0 Å². The van der Waals surface area contributed by atoms with Crippen LogP contribution in [0, 0.1) is 11.8 Å². The zero-order valence-electron chi connectivity index (χ0n) is 15.4. The molecule has 1 amide bonds. The first kappa shape index (κ1) is 15.9. The minimum Gasteiger partial charge on any atom is -0.488 e. The van der Waals surface area contributed by atoms with Crippen molar-refractivity contribution >= 4 is 5.91 Å². The third kappa shape index (κ3) is 1.86. The third-order valence-electron chi connectivity index (χ3n) is 6.26. The van der Waals surface area contributed by atoms with Crippen LogP contribution < -0.4 is 4.74 Å². The van der Waals surface area contributed by atoms with Gasteiger partial charge in [0.15, 0.2) is 0 Å². The summed E-state index contributed by atoms with van der Waals surface area (Å²) in [5.74, 6) is 1.42. The molecule has 4 atom stereocenters. The largest absolute Gasteiger partial charge is 0.488 e. The van der Waals surface area contributed by atoms with Crippen LogP contribution in [0.4, 0.5) is 0 Å². The van der Waals surface area contributed by atoms with Crippen LogP contribution in [-0.4, -0.2) is 30.2 Å². The van der Waals surface area contributed by atoms with Crippen molar-refractivity contribution in [2.24, 2.45) is 11.8 Å². The Kier molecular flexibility index (Phi) is 3.16. The second-order valence-corrected chi connectivity index (χ2v) is 9.03. The number of carbonyl (C=O) groups excluding carboxylic acids is 1. The Bertz CT molecular complexity index is 703. The zero-order chi connectivity index (χ0) is 17.4. The summed E-state index contributed by atoms with van der Waals surface area (Å²) in [5.41, 5.74) is 2.44. The lowest BCUT2D eigenvalue weighted by atomic mass is 9.63. The maximum absolute atomic E-state index is 12.4. The van der Waals surface area contributed by atoms with Crippen LogP contribution in [0.1, 0.15) is 52.2 Å². The molecule has 0 N–H and O–H groups in total. The highest BCUT2D eigenvalue weighted by atomic mass is 16.7.